The van der Waals surface area contributed by atoms with Crippen molar-refractivity contribution >= 4 is 5.91 Å². The molecule has 0 N–H and O–H groups in total. The van der Waals surface area contributed by atoms with E-state index in [2.05, 4.69) is 21.4 Å². The van der Waals surface area contributed by atoms with E-state index in [1.54, 1.807) is 0 Å². The summed E-state index contributed by atoms with van der Waals surface area (Å²) in [6, 6.07) is 0.331. The molecule has 3 aliphatic rings. The van der Waals surface area contributed by atoms with Crippen LogP contribution in [-0.2, 0) is 4.79 Å². The first-order chi connectivity index (χ1) is 10.3. The fraction of sp³-hybridized carbons (Fsp3) is 0.812. The molecule has 1 amide bonds. The predicted molar refractivity (Wildman–Crippen MR) is 78.8 cm³/mol. The van der Waals surface area contributed by atoms with Gasteiger partial charge in [0.1, 0.15) is 0 Å². The highest BCUT2D eigenvalue weighted by Gasteiger charge is 2.33. The molecular weight excluding hydrogens is 264 g/mol. The van der Waals surface area contributed by atoms with Crippen LogP contribution in [0, 0.1) is 5.92 Å². The number of carbonyl (C=O) groups is 1. The van der Waals surface area contributed by atoms with Gasteiger partial charge in [-0.3, -0.25) is 4.79 Å². The smallest absolute Gasteiger partial charge is 0.225 e. The van der Waals surface area contributed by atoms with E-state index in [1.165, 1.54) is 32.1 Å². The summed E-state index contributed by atoms with van der Waals surface area (Å²) in [4.78, 5) is 14.6. The average Bonchev–Trinajstić information content (AvgIpc) is 3.07. The van der Waals surface area contributed by atoms with Gasteiger partial charge in [0.25, 0.3) is 0 Å². The third-order valence-electron chi connectivity index (χ3n) is 5.33. The van der Waals surface area contributed by atoms with E-state index in [1.807, 2.05) is 4.68 Å². The SMILES string of the molecule is O=C(C1CCCCC1)N1CCC(n2cc(C3CC3)nn2)C1. The van der Waals surface area contributed by atoms with Gasteiger partial charge in [-0.05, 0) is 32.1 Å². The van der Waals surface area contributed by atoms with Gasteiger partial charge in [0.15, 0.2) is 0 Å². The van der Waals surface area contributed by atoms with Crippen molar-refractivity contribution in [3.8, 4) is 0 Å². The second-order valence-corrected chi connectivity index (χ2v) is 6.96. The number of nitrogens with zero attached hydrogens (tertiary/aromatic N) is 4. The van der Waals surface area contributed by atoms with Crippen LogP contribution < -0.4 is 0 Å². The van der Waals surface area contributed by atoms with Crippen LogP contribution in [0.15, 0.2) is 6.20 Å². The normalized spacial score (nSPS) is 27.2. The third kappa shape index (κ3) is 2.70. The van der Waals surface area contributed by atoms with Crippen LogP contribution in [0.2, 0.25) is 0 Å². The van der Waals surface area contributed by atoms with Crippen molar-refractivity contribution in [2.75, 3.05) is 13.1 Å². The Balaban J connectivity index is 1.38. The molecule has 1 aliphatic heterocycles. The summed E-state index contributed by atoms with van der Waals surface area (Å²) in [5.74, 6) is 1.33. The number of aromatic nitrogens is 3. The Bertz CT molecular complexity index is 516. The second-order valence-electron chi connectivity index (χ2n) is 6.96. The zero-order valence-electron chi connectivity index (χ0n) is 12.6. The number of likely N-dealkylation sites (tertiary alicyclic amines) is 1. The van der Waals surface area contributed by atoms with Crippen LogP contribution in [0.5, 0.6) is 0 Å². The first-order valence-corrected chi connectivity index (χ1v) is 8.52. The van der Waals surface area contributed by atoms with E-state index >= 15 is 0 Å². The van der Waals surface area contributed by atoms with Crippen LogP contribution in [0.3, 0.4) is 0 Å². The lowest BCUT2D eigenvalue weighted by atomic mass is 9.88. The minimum absolute atomic E-state index is 0.287. The van der Waals surface area contributed by atoms with Crippen molar-refractivity contribution in [2.24, 2.45) is 5.92 Å². The first kappa shape index (κ1) is 13.3. The van der Waals surface area contributed by atoms with Gasteiger partial charge in [-0.2, -0.15) is 0 Å². The topological polar surface area (TPSA) is 51.0 Å². The Morgan fingerprint density at radius 1 is 1.10 bits per heavy atom. The Labute approximate surface area is 125 Å². The van der Waals surface area contributed by atoms with E-state index in [4.69, 9.17) is 0 Å². The van der Waals surface area contributed by atoms with Crippen molar-refractivity contribution in [2.45, 2.75) is 63.3 Å². The average molecular weight is 288 g/mol. The zero-order chi connectivity index (χ0) is 14.2. The van der Waals surface area contributed by atoms with E-state index in [0.717, 1.165) is 38.0 Å². The molecule has 0 radical (unpaired) electrons. The predicted octanol–water partition coefficient (Wildman–Crippen LogP) is 2.51. The molecule has 1 aromatic rings. The molecule has 1 saturated heterocycles. The number of amides is 1. The lowest BCUT2D eigenvalue weighted by molar-refractivity contribution is -0.135. The summed E-state index contributed by atoms with van der Waals surface area (Å²) in [6.45, 7) is 1.71. The second kappa shape index (κ2) is 5.43. The molecule has 21 heavy (non-hydrogen) atoms. The van der Waals surface area contributed by atoms with E-state index in [0.29, 0.717) is 17.9 Å². The minimum Gasteiger partial charge on any atom is -0.340 e. The van der Waals surface area contributed by atoms with Gasteiger partial charge in [-0.1, -0.05) is 24.5 Å². The van der Waals surface area contributed by atoms with Crippen molar-refractivity contribution < 1.29 is 4.79 Å². The van der Waals surface area contributed by atoms with Gasteiger partial charge >= 0.3 is 0 Å². The Morgan fingerprint density at radius 3 is 2.67 bits per heavy atom. The monoisotopic (exact) mass is 288 g/mol. The highest BCUT2D eigenvalue weighted by molar-refractivity contribution is 5.79. The number of hydrogen-bond donors (Lipinski definition) is 0. The van der Waals surface area contributed by atoms with E-state index in [9.17, 15) is 4.79 Å². The van der Waals surface area contributed by atoms with E-state index in [-0.39, 0.29) is 5.92 Å². The maximum Gasteiger partial charge on any atom is 0.225 e. The lowest BCUT2D eigenvalue weighted by Crippen LogP contribution is -2.35. The van der Waals surface area contributed by atoms with Crippen LogP contribution in [-0.4, -0.2) is 38.9 Å². The largest absolute Gasteiger partial charge is 0.340 e. The molecule has 114 valence electrons. The molecule has 5 nitrogen and oxygen atoms in total. The summed E-state index contributed by atoms with van der Waals surface area (Å²) in [6.07, 6.45) is 11.6. The van der Waals surface area contributed by atoms with Crippen molar-refractivity contribution in [3.05, 3.63) is 11.9 Å². The molecule has 1 atom stereocenters. The fourth-order valence-electron chi connectivity index (χ4n) is 3.80. The molecule has 4 rings (SSSR count). The lowest BCUT2D eigenvalue weighted by Gasteiger charge is -2.26. The molecule has 2 saturated carbocycles. The van der Waals surface area contributed by atoms with Gasteiger partial charge in [-0.15, -0.1) is 5.10 Å². The maximum absolute atomic E-state index is 12.6. The van der Waals surface area contributed by atoms with Gasteiger partial charge in [0, 0.05) is 31.1 Å². The first-order valence-electron chi connectivity index (χ1n) is 8.52. The van der Waals surface area contributed by atoms with Gasteiger partial charge in [0.2, 0.25) is 5.91 Å². The van der Waals surface area contributed by atoms with Gasteiger partial charge < -0.3 is 4.90 Å². The van der Waals surface area contributed by atoms with Crippen molar-refractivity contribution in [1.82, 2.24) is 19.9 Å². The molecule has 0 aromatic carbocycles. The number of carbonyl (C=O) groups excluding carboxylic acids is 1. The Kier molecular flexibility index (Phi) is 3.43. The quantitative estimate of drug-likeness (QED) is 0.858. The molecule has 1 unspecified atom stereocenters. The van der Waals surface area contributed by atoms with Crippen LogP contribution in [0.25, 0.3) is 0 Å². The molecule has 0 spiro atoms. The number of hydrogen-bond acceptors (Lipinski definition) is 3. The Hall–Kier alpha value is -1.39. The summed E-state index contributed by atoms with van der Waals surface area (Å²) < 4.78 is 2.00. The third-order valence-corrected chi connectivity index (χ3v) is 5.33. The van der Waals surface area contributed by atoms with Crippen LogP contribution in [0.1, 0.15) is 69.0 Å². The molecule has 0 bridgehead atoms. The highest BCUT2D eigenvalue weighted by atomic mass is 16.2. The summed E-state index contributed by atoms with van der Waals surface area (Å²) in [5, 5.41) is 8.59. The highest BCUT2D eigenvalue weighted by Crippen LogP contribution is 2.39. The molecule has 2 aliphatic carbocycles. The van der Waals surface area contributed by atoms with Crippen LogP contribution >= 0.6 is 0 Å². The summed E-state index contributed by atoms with van der Waals surface area (Å²) in [5.41, 5.74) is 1.15. The number of rotatable bonds is 3. The molecule has 3 fully saturated rings. The maximum atomic E-state index is 12.6. The Morgan fingerprint density at radius 2 is 1.90 bits per heavy atom. The van der Waals surface area contributed by atoms with Crippen molar-refractivity contribution in [3.63, 3.8) is 0 Å². The minimum atomic E-state index is 0.287. The zero-order valence-corrected chi connectivity index (χ0v) is 12.6. The fourth-order valence-corrected chi connectivity index (χ4v) is 3.80. The summed E-state index contributed by atoms with van der Waals surface area (Å²) in [7, 11) is 0. The molecule has 1 aromatic heterocycles. The standard InChI is InChI=1S/C16H24N4O/c21-16(13-4-2-1-3-5-13)19-9-8-14(10-19)20-11-15(17-18-20)12-6-7-12/h11-14H,1-10H2. The van der Waals surface area contributed by atoms with Crippen LogP contribution in [0.4, 0.5) is 0 Å². The van der Waals surface area contributed by atoms with Gasteiger partial charge in [-0.25, -0.2) is 4.68 Å². The molecular formula is C16H24N4O. The van der Waals surface area contributed by atoms with Crippen molar-refractivity contribution in [1.29, 1.82) is 0 Å². The van der Waals surface area contributed by atoms with E-state index < -0.39 is 0 Å². The molecule has 2 heterocycles. The summed E-state index contributed by atoms with van der Waals surface area (Å²) >= 11 is 0. The van der Waals surface area contributed by atoms with Gasteiger partial charge in [0.05, 0.1) is 11.7 Å². The molecule has 5 heteroatoms.